The van der Waals surface area contributed by atoms with Crippen LogP contribution in [0.25, 0.3) is 0 Å². The Hall–Kier alpha value is -1.04. The van der Waals surface area contributed by atoms with Crippen LogP contribution < -0.4 is 0 Å². The third-order valence-electron chi connectivity index (χ3n) is 3.24. The fourth-order valence-corrected chi connectivity index (χ4v) is 2.27. The van der Waals surface area contributed by atoms with E-state index in [2.05, 4.69) is 0 Å². The van der Waals surface area contributed by atoms with Crippen LogP contribution in [0.2, 0.25) is 0 Å². The predicted octanol–water partition coefficient (Wildman–Crippen LogP) is 1.45. The van der Waals surface area contributed by atoms with Crippen molar-refractivity contribution >= 4 is 0 Å². The zero-order valence-corrected chi connectivity index (χ0v) is 10.0. The van der Waals surface area contributed by atoms with Crippen LogP contribution in [0.5, 0.6) is 0 Å². The summed E-state index contributed by atoms with van der Waals surface area (Å²) in [6.45, 7) is 1.64. The molecule has 0 saturated carbocycles. The molecular weight excluding hydrogens is 240 g/mol. The lowest BCUT2D eigenvalue weighted by Crippen LogP contribution is -2.40. The highest BCUT2D eigenvalue weighted by Gasteiger charge is 2.21. The number of piperidine rings is 1. The number of hydrogen-bond acceptors (Lipinski definition) is 3. The van der Waals surface area contributed by atoms with Crippen LogP contribution in [-0.4, -0.2) is 40.9 Å². The van der Waals surface area contributed by atoms with Gasteiger partial charge in [-0.3, -0.25) is 4.90 Å². The number of benzene rings is 1. The van der Waals surface area contributed by atoms with E-state index in [0.717, 1.165) is 31.5 Å². The highest BCUT2D eigenvalue weighted by Crippen LogP contribution is 2.19. The van der Waals surface area contributed by atoms with Gasteiger partial charge in [0.15, 0.2) is 11.6 Å². The van der Waals surface area contributed by atoms with Crippen LogP contribution in [0, 0.1) is 11.6 Å². The van der Waals surface area contributed by atoms with Crippen LogP contribution in [0.15, 0.2) is 18.2 Å². The van der Waals surface area contributed by atoms with Crippen molar-refractivity contribution in [3.05, 3.63) is 35.4 Å². The fourth-order valence-electron chi connectivity index (χ4n) is 2.27. The van der Waals surface area contributed by atoms with Crippen molar-refractivity contribution in [3.8, 4) is 0 Å². The Balaban J connectivity index is 1.98. The summed E-state index contributed by atoms with van der Waals surface area (Å²) in [4.78, 5) is 1.93. The molecule has 2 rings (SSSR count). The summed E-state index contributed by atoms with van der Waals surface area (Å²) >= 11 is 0. The Morgan fingerprint density at radius 1 is 1.33 bits per heavy atom. The number of hydrogen-bond donors (Lipinski definition) is 2. The maximum Gasteiger partial charge on any atom is 0.159 e. The number of β-amino-alcohol motifs (C(OH)–C–C–N with tert-alkyl or cyclic N) is 2. The molecule has 0 radical (unpaired) electrons. The molecule has 18 heavy (non-hydrogen) atoms. The Kier molecular flexibility index (Phi) is 4.27. The molecule has 0 bridgehead atoms. The second-order valence-corrected chi connectivity index (χ2v) is 4.74. The third-order valence-corrected chi connectivity index (χ3v) is 3.24. The van der Waals surface area contributed by atoms with E-state index in [-0.39, 0.29) is 6.10 Å². The average Bonchev–Trinajstić information content (AvgIpc) is 2.32. The van der Waals surface area contributed by atoms with Crippen molar-refractivity contribution in [2.24, 2.45) is 0 Å². The zero-order valence-electron chi connectivity index (χ0n) is 10.0. The molecule has 0 aromatic heterocycles. The fraction of sp³-hybridized carbons (Fsp3) is 0.538. The lowest BCUT2D eigenvalue weighted by Gasteiger charge is -2.31. The van der Waals surface area contributed by atoms with Crippen molar-refractivity contribution < 1.29 is 19.0 Å². The summed E-state index contributed by atoms with van der Waals surface area (Å²) in [5.74, 6) is -1.87. The molecule has 1 aliphatic heterocycles. The number of nitrogens with zero attached hydrogens (tertiary/aromatic N) is 1. The molecule has 3 nitrogen and oxygen atoms in total. The van der Waals surface area contributed by atoms with Crippen LogP contribution in [0.4, 0.5) is 8.78 Å². The molecule has 0 amide bonds. The van der Waals surface area contributed by atoms with E-state index in [4.69, 9.17) is 0 Å². The van der Waals surface area contributed by atoms with Gasteiger partial charge in [-0.15, -0.1) is 0 Å². The lowest BCUT2D eigenvalue weighted by atomic mass is 10.1. The number of halogens is 2. The van der Waals surface area contributed by atoms with E-state index < -0.39 is 17.7 Å². The van der Waals surface area contributed by atoms with Gasteiger partial charge in [0.05, 0.1) is 12.2 Å². The highest BCUT2D eigenvalue weighted by molar-refractivity contribution is 5.20. The molecule has 2 N–H and O–H groups in total. The molecule has 2 atom stereocenters. The lowest BCUT2D eigenvalue weighted by molar-refractivity contribution is 0.0391. The molecule has 0 aliphatic carbocycles. The zero-order chi connectivity index (χ0) is 13.1. The standard InChI is InChI=1S/C13H17F2NO2/c14-11-4-3-9(6-12(11)15)13(18)8-16-5-1-2-10(17)7-16/h3-4,6,10,13,17-18H,1-2,5,7-8H2. The minimum Gasteiger partial charge on any atom is -0.392 e. The Morgan fingerprint density at radius 3 is 2.78 bits per heavy atom. The smallest absolute Gasteiger partial charge is 0.159 e. The van der Waals surface area contributed by atoms with Gasteiger partial charge < -0.3 is 10.2 Å². The maximum atomic E-state index is 13.0. The Bertz CT molecular complexity index is 414. The van der Waals surface area contributed by atoms with Gasteiger partial charge in [-0.25, -0.2) is 8.78 Å². The minimum atomic E-state index is -0.953. The van der Waals surface area contributed by atoms with Crippen LogP contribution in [0.1, 0.15) is 24.5 Å². The first-order valence-corrected chi connectivity index (χ1v) is 6.09. The minimum absolute atomic E-state index is 0.322. The van der Waals surface area contributed by atoms with Gasteiger partial charge in [0, 0.05) is 13.1 Å². The molecule has 1 aliphatic rings. The predicted molar refractivity (Wildman–Crippen MR) is 63.0 cm³/mol. The first-order valence-electron chi connectivity index (χ1n) is 6.09. The number of rotatable bonds is 3. The highest BCUT2D eigenvalue weighted by atomic mass is 19.2. The SMILES string of the molecule is OC1CCCN(CC(O)c2ccc(F)c(F)c2)C1. The van der Waals surface area contributed by atoms with E-state index in [0.29, 0.717) is 18.7 Å². The van der Waals surface area contributed by atoms with Crippen LogP contribution in [0.3, 0.4) is 0 Å². The van der Waals surface area contributed by atoms with Crippen LogP contribution >= 0.6 is 0 Å². The van der Waals surface area contributed by atoms with Crippen molar-refractivity contribution in [2.45, 2.75) is 25.0 Å². The molecule has 1 fully saturated rings. The van der Waals surface area contributed by atoms with E-state index in [9.17, 15) is 19.0 Å². The van der Waals surface area contributed by atoms with E-state index >= 15 is 0 Å². The molecule has 2 unspecified atom stereocenters. The molecule has 1 aromatic rings. The van der Waals surface area contributed by atoms with Crippen LogP contribution in [-0.2, 0) is 0 Å². The second kappa shape index (κ2) is 5.73. The quantitative estimate of drug-likeness (QED) is 0.861. The van der Waals surface area contributed by atoms with Crippen molar-refractivity contribution in [1.29, 1.82) is 0 Å². The first kappa shape index (κ1) is 13.4. The largest absolute Gasteiger partial charge is 0.392 e. The van der Waals surface area contributed by atoms with E-state index in [1.54, 1.807) is 0 Å². The summed E-state index contributed by atoms with van der Waals surface area (Å²) in [6.07, 6.45) is 0.421. The summed E-state index contributed by atoms with van der Waals surface area (Å²) in [5.41, 5.74) is 0.356. The van der Waals surface area contributed by atoms with Gasteiger partial charge >= 0.3 is 0 Å². The monoisotopic (exact) mass is 257 g/mol. The van der Waals surface area contributed by atoms with Gasteiger partial charge in [-0.05, 0) is 37.1 Å². The first-order chi connectivity index (χ1) is 8.56. The van der Waals surface area contributed by atoms with E-state index in [1.165, 1.54) is 6.07 Å². The summed E-state index contributed by atoms with van der Waals surface area (Å²) in [7, 11) is 0. The van der Waals surface area contributed by atoms with E-state index in [1.807, 2.05) is 4.90 Å². The summed E-state index contributed by atoms with van der Waals surface area (Å²) < 4.78 is 25.8. The van der Waals surface area contributed by atoms with Gasteiger partial charge in [-0.2, -0.15) is 0 Å². The molecule has 1 heterocycles. The molecule has 1 saturated heterocycles. The van der Waals surface area contributed by atoms with Gasteiger partial charge in [0.25, 0.3) is 0 Å². The van der Waals surface area contributed by atoms with Crippen molar-refractivity contribution in [3.63, 3.8) is 0 Å². The number of likely N-dealkylation sites (tertiary alicyclic amines) is 1. The topological polar surface area (TPSA) is 43.7 Å². The molecule has 1 aromatic carbocycles. The molecule has 0 spiro atoms. The molecule has 5 heteroatoms. The summed E-state index contributed by atoms with van der Waals surface area (Å²) in [6, 6.07) is 3.41. The average molecular weight is 257 g/mol. The Morgan fingerprint density at radius 2 is 2.11 bits per heavy atom. The number of aliphatic hydroxyl groups is 2. The van der Waals surface area contributed by atoms with Gasteiger partial charge in [0.1, 0.15) is 0 Å². The van der Waals surface area contributed by atoms with Crippen molar-refractivity contribution in [2.75, 3.05) is 19.6 Å². The third kappa shape index (κ3) is 3.25. The Labute approximate surface area is 105 Å². The number of aliphatic hydroxyl groups excluding tert-OH is 2. The second-order valence-electron chi connectivity index (χ2n) is 4.74. The summed E-state index contributed by atoms with van der Waals surface area (Å²) in [5, 5.41) is 19.5. The van der Waals surface area contributed by atoms with Gasteiger partial charge in [-0.1, -0.05) is 6.07 Å². The molecule has 100 valence electrons. The maximum absolute atomic E-state index is 13.0. The molecular formula is C13H17F2NO2. The normalized spacial score (nSPS) is 23.0. The van der Waals surface area contributed by atoms with Gasteiger partial charge in [0.2, 0.25) is 0 Å². The van der Waals surface area contributed by atoms with Crippen molar-refractivity contribution in [1.82, 2.24) is 4.90 Å².